The molecule has 4 rings (SSSR count). The highest BCUT2D eigenvalue weighted by Crippen LogP contribution is 2.52. The maximum absolute atomic E-state index is 12.8. The summed E-state index contributed by atoms with van der Waals surface area (Å²) >= 11 is 0. The summed E-state index contributed by atoms with van der Waals surface area (Å²) in [7, 11) is 1.41. The lowest BCUT2D eigenvalue weighted by Gasteiger charge is -2.28. The van der Waals surface area contributed by atoms with E-state index in [2.05, 4.69) is 10.2 Å². The van der Waals surface area contributed by atoms with E-state index in [1.165, 1.54) is 7.11 Å². The smallest absolute Gasteiger partial charge is 0.311 e. The molecule has 0 aliphatic carbocycles. The summed E-state index contributed by atoms with van der Waals surface area (Å²) in [6.07, 6.45) is 2.04. The molecule has 5 nitrogen and oxygen atoms in total. The van der Waals surface area contributed by atoms with E-state index in [9.17, 15) is 9.59 Å². The molecule has 3 atom stereocenters. The van der Waals surface area contributed by atoms with Gasteiger partial charge in [-0.15, -0.1) is 0 Å². The summed E-state index contributed by atoms with van der Waals surface area (Å²) in [6, 6.07) is 7.82. The van der Waals surface area contributed by atoms with Crippen LogP contribution in [0.25, 0.3) is 0 Å². The van der Waals surface area contributed by atoms with Crippen LogP contribution in [-0.2, 0) is 19.7 Å². The van der Waals surface area contributed by atoms with Crippen LogP contribution in [0.5, 0.6) is 0 Å². The van der Waals surface area contributed by atoms with Gasteiger partial charge in [-0.05, 0) is 31.0 Å². The molecule has 1 amide bonds. The molecule has 1 N–H and O–H groups in total. The van der Waals surface area contributed by atoms with E-state index in [1.54, 1.807) is 0 Å². The van der Waals surface area contributed by atoms with Gasteiger partial charge in [-0.1, -0.05) is 18.2 Å². The Morgan fingerprint density at radius 3 is 3.05 bits per heavy atom. The zero-order valence-electron chi connectivity index (χ0n) is 12.0. The lowest BCUT2D eigenvalue weighted by molar-refractivity contribution is -0.150. The van der Waals surface area contributed by atoms with Gasteiger partial charge in [0.15, 0.2) is 0 Å². The molecular formula is C16H18N2O3. The highest BCUT2D eigenvalue weighted by Gasteiger charge is 2.64. The number of esters is 1. The number of fused-ring (bicyclic) bond motifs is 3. The Morgan fingerprint density at radius 1 is 1.43 bits per heavy atom. The Labute approximate surface area is 123 Å². The summed E-state index contributed by atoms with van der Waals surface area (Å²) < 4.78 is 5.05. The van der Waals surface area contributed by atoms with Gasteiger partial charge in [0.1, 0.15) is 5.41 Å². The third-order valence-electron chi connectivity index (χ3n) is 5.30. The predicted octanol–water partition coefficient (Wildman–Crippen LogP) is 1.14. The first-order chi connectivity index (χ1) is 10.2. The van der Waals surface area contributed by atoms with Crippen molar-refractivity contribution in [1.82, 2.24) is 4.90 Å². The fourth-order valence-electron chi connectivity index (χ4n) is 4.46. The summed E-state index contributed by atoms with van der Waals surface area (Å²) in [5.74, 6) is -0.738. The molecule has 3 heterocycles. The van der Waals surface area contributed by atoms with Crippen LogP contribution in [0.1, 0.15) is 18.4 Å². The minimum absolute atomic E-state index is 0.0616. The number of carbonyl (C=O) groups is 2. The second-order valence-corrected chi connectivity index (χ2v) is 6.15. The Bertz CT molecular complexity index is 630. The molecule has 2 saturated heterocycles. The van der Waals surface area contributed by atoms with E-state index < -0.39 is 11.3 Å². The van der Waals surface area contributed by atoms with Crippen LogP contribution in [-0.4, -0.2) is 43.0 Å². The molecule has 2 fully saturated rings. The summed E-state index contributed by atoms with van der Waals surface area (Å²) in [4.78, 5) is 27.5. The highest BCUT2D eigenvalue weighted by molar-refractivity contribution is 6.09. The molecule has 3 aliphatic heterocycles. The van der Waals surface area contributed by atoms with Crippen LogP contribution in [0.2, 0.25) is 0 Å². The first-order valence-corrected chi connectivity index (χ1v) is 7.41. The molecule has 110 valence electrons. The Morgan fingerprint density at radius 2 is 2.24 bits per heavy atom. The molecular weight excluding hydrogens is 268 g/mol. The average molecular weight is 286 g/mol. The average Bonchev–Trinajstić information content (AvgIpc) is 3.12. The van der Waals surface area contributed by atoms with E-state index in [0.717, 1.165) is 30.6 Å². The second kappa shape index (κ2) is 4.31. The maximum atomic E-state index is 12.8. The molecule has 1 aromatic rings. The lowest BCUT2D eigenvalue weighted by atomic mass is 9.70. The number of carbonyl (C=O) groups excluding carboxylic acids is 2. The second-order valence-electron chi connectivity index (χ2n) is 6.15. The van der Waals surface area contributed by atoms with E-state index in [0.29, 0.717) is 6.54 Å². The topological polar surface area (TPSA) is 58.6 Å². The van der Waals surface area contributed by atoms with E-state index in [4.69, 9.17) is 4.74 Å². The molecule has 21 heavy (non-hydrogen) atoms. The summed E-state index contributed by atoms with van der Waals surface area (Å²) in [6.45, 7) is 1.57. The molecule has 3 aliphatic rings. The first kappa shape index (κ1) is 12.8. The number of nitrogens with one attached hydrogen (secondary N) is 1. The SMILES string of the molecule is COC(=O)[C@H]1[C@H]2CCCN2C[C@@]12C(=O)Nc1ccccc12. The van der Waals surface area contributed by atoms with Crippen molar-refractivity contribution in [3.63, 3.8) is 0 Å². The van der Waals surface area contributed by atoms with Gasteiger partial charge in [0.25, 0.3) is 0 Å². The van der Waals surface area contributed by atoms with Crippen molar-refractivity contribution < 1.29 is 14.3 Å². The van der Waals surface area contributed by atoms with Gasteiger partial charge in [0.2, 0.25) is 5.91 Å². The molecule has 0 aromatic heterocycles. The van der Waals surface area contributed by atoms with Gasteiger partial charge in [0, 0.05) is 18.3 Å². The zero-order valence-corrected chi connectivity index (χ0v) is 12.0. The minimum Gasteiger partial charge on any atom is -0.469 e. The molecule has 5 heteroatoms. The molecule has 0 radical (unpaired) electrons. The number of ether oxygens (including phenoxy) is 1. The van der Waals surface area contributed by atoms with Crippen molar-refractivity contribution in [1.29, 1.82) is 0 Å². The van der Waals surface area contributed by atoms with Crippen LogP contribution < -0.4 is 5.32 Å². The quantitative estimate of drug-likeness (QED) is 0.787. The molecule has 0 bridgehead atoms. The lowest BCUT2D eigenvalue weighted by Crippen LogP contribution is -2.47. The number of methoxy groups -OCH3 is 1. The third-order valence-corrected chi connectivity index (χ3v) is 5.30. The molecule has 1 spiro atoms. The standard InChI is InChI=1S/C16H18N2O3/c1-21-14(19)13-12-7-4-8-18(12)9-16(13)10-5-2-3-6-11(10)17-15(16)20/h2-3,5-6,12-13H,4,7-9H2,1H3,(H,17,20)/t12-,13-,16+/m1/s1. The number of amides is 1. The number of benzene rings is 1. The number of hydrogen-bond acceptors (Lipinski definition) is 4. The van der Waals surface area contributed by atoms with E-state index in [1.807, 2.05) is 24.3 Å². The number of anilines is 1. The van der Waals surface area contributed by atoms with Crippen LogP contribution in [0.3, 0.4) is 0 Å². The summed E-state index contributed by atoms with van der Waals surface area (Å²) in [5.41, 5.74) is 0.992. The monoisotopic (exact) mass is 286 g/mol. The molecule has 0 saturated carbocycles. The van der Waals surface area contributed by atoms with Gasteiger partial charge in [0.05, 0.1) is 13.0 Å². The fourth-order valence-corrected chi connectivity index (χ4v) is 4.46. The Kier molecular flexibility index (Phi) is 2.63. The van der Waals surface area contributed by atoms with Gasteiger partial charge in [-0.3, -0.25) is 14.5 Å². The zero-order chi connectivity index (χ0) is 14.6. The predicted molar refractivity (Wildman–Crippen MR) is 76.9 cm³/mol. The van der Waals surface area contributed by atoms with Crippen LogP contribution in [0, 0.1) is 5.92 Å². The third kappa shape index (κ3) is 1.50. The number of hydrogen-bond donors (Lipinski definition) is 1. The Hall–Kier alpha value is -1.88. The van der Waals surface area contributed by atoms with Crippen LogP contribution in [0.15, 0.2) is 24.3 Å². The van der Waals surface area contributed by atoms with Crippen molar-refractivity contribution in [3.05, 3.63) is 29.8 Å². The van der Waals surface area contributed by atoms with Crippen LogP contribution in [0.4, 0.5) is 5.69 Å². The Balaban J connectivity index is 1.89. The maximum Gasteiger partial charge on any atom is 0.311 e. The van der Waals surface area contributed by atoms with Gasteiger partial charge < -0.3 is 10.1 Å². The molecule has 0 unspecified atom stereocenters. The number of rotatable bonds is 1. The normalized spacial score (nSPS) is 33.9. The first-order valence-electron chi connectivity index (χ1n) is 7.41. The molecule has 1 aromatic carbocycles. The number of para-hydroxylation sites is 1. The van der Waals surface area contributed by atoms with E-state index >= 15 is 0 Å². The van der Waals surface area contributed by atoms with Gasteiger partial charge in [-0.2, -0.15) is 0 Å². The van der Waals surface area contributed by atoms with Crippen molar-refractivity contribution in [2.45, 2.75) is 24.3 Å². The van der Waals surface area contributed by atoms with Crippen molar-refractivity contribution >= 4 is 17.6 Å². The van der Waals surface area contributed by atoms with Gasteiger partial charge >= 0.3 is 5.97 Å². The van der Waals surface area contributed by atoms with Gasteiger partial charge in [-0.25, -0.2) is 0 Å². The highest BCUT2D eigenvalue weighted by atomic mass is 16.5. The van der Waals surface area contributed by atoms with Crippen molar-refractivity contribution in [3.8, 4) is 0 Å². The van der Waals surface area contributed by atoms with Crippen molar-refractivity contribution in [2.75, 3.05) is 25.5 Å². The fraction of sp³-hybridized carbons (Fsp3) is 0.500. The summed E-state index contributed by atoms with van der Waals surface area (Å²) in [5, 5.41) is 2.96. The van der Waals surface area contributed by atoms with E-state index in [-0.39, 0.29) is 17.9 Å². The van der Waals surface area contributed by atoms with Crippen LogP contribution >= 0.6 is 0 Å². The number of nitrogens with zero attached hydrogens (tertiary/aromatic N) is 1. The minimum atomic E-state index is -0.783. The largest absolute Gasteiger partial charge is 0.469 e. The van der Waals surface area contributed by atoms with Crippen molar-refractivity contribution in [2.24, 2.45) is 5.92 Å².